The van der Waals surface area contributed by atoms with E-state index < -0.39 is 0 Å². The summed E-state index contributed by atoms with van der Waals surface area (Å²) in [6.07, 6.45) is 0. The van der Waals surface area contributed by atoms with Gasteiger partial charge in [-0.25, -0.2) is 0 Å². The maximum Gasteiger partial charge on any atom is -0.00264 e. The van der Waals surface area contributed by atoms with E-state index >= 15 is 0 Å². The van der Waals surface area contributed by atoms with Crippen molar-refractivity contribution >= 4 is 32.3 Å². The lowest BCUT2D eigenvalue weighted by Crippen LogP contribution is -1.79. The summed E-state index contributed by atoms with van der Waals surface area (Å²) in [5.41, 5.74) is 0. The van der Waals surface area contributed by atoms with Crippen LogP contribution in [-0.2, 0) is 0 Å². The van der Waals surface area contributed by atoms with Crippen molar-refractivity contribution in [2.75, 3.05) is 0 Å². The van der Waals surface area contributed by atoms with Gasteiger partial charge in [0.15, 0.2) is 0 Å². The van der Waals surface area contributed by atoms with Gasteiger partial charge in [-0.2, -0.15) is 0 Å². The highest BCUT2D eigenvalue weighted by atomic mass is 14.1. The van der Waals surface area contributed by atoms with E-state index in [4.69, 9.17) is 0 Å². The maximum atomic E-state index is 3.36. The second-order valence-electron chi connectivity index (χ2n) is 4.62. The van der Waals surface area contributed by atoms with Crippen molar-refractivity contribution in [3.05, 3.63) is 72.8 Å². The lowest BCUT2D eigenvalue weighted by atomic mass is 9.98. The fourth-order valence-corrected chi connectivity index (χ4v) is 2.61. The minimum absolute atomic E-state index is 1.21. The molecule has 0 nitrogen and oxygen atoms in total. The Balaban J connectivity index is 2.27. The normalized spacial score (nSPS) is 11.3. The zero-order valence-corrected chi connectivity index (χ0v) is 9.85. The number of hydrogen-bond acceptors (Lipinski definition) is 0. The molecule has 0 saturated carbocycles. The minimum Gasteiger partial charge on any atom is -0.0616 e. The SMILES string of the molecule is [c]1cccc2ccc3cc4ccccc4cc3c12. The Morgan fingerprint density at radius 1 is 0.611 bits per heavy atom. The van der Waals surface area contributed by atoms with E-state index in [9.17, 15) is 0 Å². The Labute approximate surface area is 105 Å². The van der Waals surface area contributed by atoms with Crippen molar-refractivity contribution in [3.8, 4) is 0 Å². The second-order valence-corrected chi connectivity index (χ2v) is 4.62. The van der Waals surface area contributed by atoms with Crippen LogP contribution in [0.1, 0.15) is 0 Å². The molecule has 0 saturated heterocycles. The third-order valence-electron chi connectivity index (χ3n) is 3.52. The van der Waals surface area contributed by atoms with Crippen molar-refractivity contribution in [2.45, 2.75) is 0 Å². The van der Waals surface area contributed by atoms with Gasteiger partial charge in [0.1, 0.15) is 0 Å². The molecule has 0 heteroatoms. The van der Waals surface area contributed by atoms with E-state index in [1.165, 1.54) is 32.3 Å². The molecule has 0 N–H and O–H groups in total. The topological polar surface area (TPSA) is 0 Å². The van der Waals surface area contributed by atoms with Gasteiger partial charge in [0.05, 0.1) is 0 Å². The summed E-state index contributed by atoms with van der Waals surface area (Å²) in [5.74, 6) is 0. The van der Waals surface area contributed by atoms with E-state index in [1.807, 2.05) is 12.1 Å². The van der Waals surface area contributed by atoms with Gasteiger partial charge in [-0.1, -0.05) is 54.6 Å². The Bertz CT molecular complexity index is 866. The Morgan fingerprint density at radius 3 is 2.22 bits per heavy atom. The standard InChI is InChI=1S/C18H11/c1-2-7-15-12-18-16(11-14(15)6-1)10-9-13-5-3-4-8-17(13)18/h1-7,9-12H. The fraction of sp³-hybridized carbons (Fsp3) is 0. The Morgan fingerprint density at radius 2 is 1.33 bits per heavy atom. The molecule has 0 aliphatic heterocycles. The molecule has 0 atom stereocenters. The van der Waals surface area contributed by atoms with Crippen LogP contribution in [0.4, 0.5) is 0 Å². The maximum absolute atomic E-state index is 3.36. The van der Waals surface area contributed by atoms with Gasteiger partial charge in [-0.3, -0.25) is 0 Å². The molecule has 1 radical (unpaired) electrons. The van der Waals surface area contributed by atoms with Crippen LogP contribution >= 0.6 is 0 Å². The van der Waals surface area contributed by atoms with Gasteiger partial charge in [-0.15, -0.1) is 0 Å². The molecule has 4 aromatic carbocycles. The summed E-state index contributed by atoms with van der Waals surface area (Å²) in [6, 6.07) is 26.9. The zero-order chi connectivity index (χ0) is 11.9. The lowest BCUT2D eigenvalue weighted by molar-refractivity contribution is 1.76. The first kappa shape index (κ1) is 9.67. The molecule has 18 heavy (non-hydrogen) atoms. The summed E-state index contributed by atoms with van der Waals surface area (Å²) in [5, 5.41) is 7.60. The molecule has 0 aromatic heterocycles. The van der Waals surface area contributed by atoms with E-state index in [2.05, 4.69) is 60.7 Å². The van der Waals surface area contributed by atoms with Crippen molar-refractivity contribution in [1.82, 2.24) is 0 Å². The number of hydrogen-bond donors (Lipinski definition) is 0. The molecule has 0 amide bonds. The highest BCUT2D eigenvalue weighted by Crippen LogP contribution is 2.28. The Kier molecular flexibility index (Phi) is 1.92. The molecule has 0 aliphatic carbocycles. The van der Waals surface area contributed by atoms with Crippen LogP contribution in [0, 0.1) is 6.07 Å². The van der Waals surface area contributed by atoms with Gasteiger partial charge >= 0.3 is 0 Å². The van der Waals surface area contributed by atoms with Gasteiger partial charge in [0, 0.05) is 0 Å². The van der Waals surface area contributed by atoms with E-state index in [0.29, 0.717) is 0 Å². The van der Waals surface area contributed by atoms with Crippen molar-refractivity contribution < 1.29 is 0 Å². The third kappa shape index (κ3) is 1.32. The van der Waals surface area contributed by atoms with Crippen LogP contribution in [0.25, 0.3) is 32.3 Å². The van der Waals surface area contributed by atoms with Crippen LogP contribution in [-0.4, -0.2) is 0 Å². The van der Waals surface area contributed by atoms with E-state index in [1.54, 1.807) is 0 Å². The number of fused-ring (bicyclic) bond motifs is 4. The molecule has 0 bridgehead atoms. The number of rotatable bonds is 0. The zero-order valence-electron chi connectivity index (χ0n) is 9.85. The number of benzene rings is 4. The van der Waals surface area contributed by atoms with Crippen molar-refractivity contribution in [1.29, 1.82) is 0 Å². The second kappa shape index (κ2) is 3.58. The highest BCUT2D eigenvalue weighted by Gasteiger charge is 2.02. The molecule has 4 rings (SSSR count). The first-order chi connectivity index (χ1) is 8.92. The largest absolute Gasteiger partial charge is 0.0616 e. The fourth-order valence-electron chi connectivity index (χ4n) is 2.61. The van der Waals surface area contributed by atoms with Crippen LogP contribution in [0.5, 0.6) is 0 Å². The molecule has 0 fully saturated rings. The van der Waals surface area contributed by atoms with E-state index in [-0.39, 0.29) is 0 Å². The average molecular weight is 227 g/mol. The predicted octanol–water partition coefficient (Wildman–Crippen LogP) is 4.95. The predicted molar refractivity (Wildman–Crippen MR) is 77.8 cm³/mol. The van der Waals surface area contributed by atoms with Crippen LogP contribution in [0.2, 0.25) is 0 Å². The molecule has 83 valence electrons. The molecule has 0 heterocycles. The van der Waals surface area contributed by atoms with Gasteiger partial charge in [-0.05, 0) is 50.5 Å². The van der Waals surface area contributed by atoms with Crippen molar-refractivity contribution in [2.24, 2.45) is 0 Å². The molecular formula is C18H11. The first-order valence-electron chi connectivity index (χ1n) is 6.14. The van der Waals surface area contributed by atoms with Gasteiger partial charge in [0.25, 0.3) is 0 Å². The summed E-state index contributed by atoms with van der Waals surface area (Å²) < 4.78 is 0. The molecule has 0 spiro atoms. The molecule has 4 aromatic rings. The molecule has 0 aliphatic rings. The quantitative estimate of drug-likeness (QED) is 0.294. The lowest BCUT2D eigenvalue weighted by Gasteiger charge is -2.05. The smallest absolute Gasteiger partial charge is 0.00264 e. The molecule has 0 unspecified atom stereocenters. The monoisotopic (exact) mass is 227 g/mol. The summed E-state index contributed by atoms with van der Waals surface area (Å²) >= 11 is 0. The first-order valence-corrected chi connectivity index (χ1v) is 6.14. The molecular weight excluding hydrogens is 216 g/mol. The minimum atomic E-state index is 1.21. The van der Waals surface area contributed by atoms with Crippen molar-refractivity contribution in [3.63, 3.8) is 0 Å². The third-order valence-corrected chi connectivity index (χ3v) is 3.52. The Hall–Kier alpha value is -2.34. The summed E-state index contributed by atoms with van der Waals surface area (Å²) in [4.78, 5) is 0. The van der Waals surface area contributed by atoms with Crippen LogP contribution in [0.15, 0.2) is 66.7 Å². The van der Waals surface area contributed by atoms with Crippen LogP contribution in [0.3, 0.4) is 0 Å². The average Bonchev–Trinajstić information content (AvgIpc) is 2.45. The summed E-state index contributed by atoms with van der Waals surface area (Å²) in [6.45, 7) is 0. The van der Waals surface area contributed by atoms with E-state index in [0.717, 1.165) is 0 Å². The van der Waals surface area contributed by atoms with Gasteiger partial charge < -0.3 is 0 Å². The van der Waals surface area contributed by atoms with Gasteiger partial charge in [0.2, 0.25) is 0 Å². The van der Waals surface area contributed by atoms with Crippen LogP contribution < -0.4 is 0 Å². The highest BCUT2D eigenvalue weighted by molar-refractivity contribution is 6.11. The summed E-state index contributed by atoms with van der Waals surface area (Å²) in [7, 11) is 0.